The number of nitro benzene ring substituents is 1. The molecule has 1 N–H and O–H groups in total. The maximum absolute atomic E-state index is 13.6. The first-order valence-corrected chi connectivity index (χ1v) is 12.1. The SMILES string of the molecule is CC(c1ccccc1)N(Cc1cc(NC(=O)c2ccc([N+](=O)[O-])cc2)ccc1N(C)C)C(=O)C(C)(C)C. The number of carbonyl (C=O) groups excluding carboxylic acids is 2. The molecule has 0 fully saturated rings. The fourth-order valence-corrected chi connectivity index (χ4v) is 4.07. The van der Waals surface area contributed by atoms with Crippen LogP contribution < -0.4 is 10.2 Å². The van der Waals surface area contributed by atoms with Gasteiger partial charge in [0.2, 0.25) is 5.91 Å². The van der Waals surface area contributed by atoms with Crippen LogP contribution in [-0.4, -0.2) is 35.7 Å². The number of anilines is 2. The van der Waals surface area contributed by atoms with E-state index in [1.807, 2.05) is 94.1 Å². The summed E-state index contributed by atoms with van der Waals surface area (Å²) in [6.45, 7) is 8.10. The normalized spacial score (nSPS) is 11.9. The molecule has 8 heteroatoms. The number of nitrogens with zero attached hydrogens (tertiary/aromatic N) is 3. The molecule has 0 spiro atoms. The van der Waals surface area contributed by atoms with Crippen molar-refractivity contribution in [3.8, 4) is 0 Å². The van der Waals surface area contributed by atoms with Crippen molar-refractivity contribution in [1.82, 2.24) is 4.90 Å². The van der Waals surface area contributed by atoms with Crippen LogP contribution in [-0.2, 0) is 11.3 Å². The fourth-order valence-electron chi connectivity index (χ4n) is 4.07. The van der Waals surface area contributed by atoms with Crippen LogP contribution >= 0.6 is 0 Å². The molecule has 3 rings (SSSR count). The molecule has 37 heavy (non-hydrogen) atoms. The quantitative estimate of drug-likeness (QED) is 0.299. The Morgan fingerprint density at radius 1 is 0.973 bits per heavy atom. The van der Waals surface area contributed by atoms with E-state index in [1.54, 1.807) is 6.07 Å². The summed E-state index contributed by atoms with van der Waals surface area (Å²) in [6.07, 6.45) is 0. The molecule has 0 radical (unpaired) electrons. The lowest BCUT2D eigenvalue weighted by molar-refractivity contribution is -0.384. The van der Waals surface area contributed by atoms with Crippen molar-refractivity contribution in [2.45, 2.75) is 40.3 Å². The van der Waals surface area contributed by atoms with Crippen LogP contribution in [0.2, 0.25) is 0 Å². The third-order valence-corrected chi connectivity index (χ3v) is 6.15. The molecule has 1 atom stereocenters. The molecule has 0 aliphatic carbocycles. The molecule has 3 aromatic rings. The van der Waals surface area contributed by atoms with Gasteiger partial charge in [-0.15, -0.1) is 0 Å². The minimum Gasteiger partial charge on any atom is -0.377 e. The van der Waals surface area contributed by atoms with Gasteiger partial charge < -0.3 is 15.1 Å². The van der Waals surface area contributed by atoms with E-state index in [-0.39, 0.29) is 23.5 Å². The summed E-state index contributed by atoms with van der Waals surface area (Å²) in [5, 5.41) is 13.8. The summed E-state index contributed by atoms with van der Waals surface area (Å²) in [5.74, 6) is -0.354. The van der Waals surface area contributed by atoms with Crippen molar-refractivity contribution >= 4 is 28.9 Å². The number of hydrogen-bond acceptors (Lipinski definition) is 5. The lowest BCUT2D eigenvalue weighted by Gasteiger charge is -2.35. The zero-order valence-corrected chi connectivity index (χ0v) is 22.2. The number of nitrogens with one attached hydrogen (secondary N) is 1. The summed E-state index contributed by atoms with van der Waals surface area (Å²) in [5.41, 5.74) is 3.07. The van der Waals surface area contributed by atoms with Gasteiger partial charge in [0.05, 0.1) is 11.0 Å². The maximum atomic E-state index is 13.6. The zero-order chi connectivity index (χ0) is 27.3. The molecule has 8 nitrogen and oxygen atoms in total. The van der Waals surface area contributed by atoms with Crippen LogP contribution in [0.3, 0.4) is 0 Å². The van der Waals surface area contributed by atoms with Crippen LogP contribution in [0, 0.1) is 15.5 Å². The highest BCUT2D eigenvalue weighted by Gasteiger charge is 2.31. The van der Waals surface area contributed by atoms with Crippen molar-refractivity contribution in [3.05, 3.63) is 99.6 Å². The standard InChI is InChI=1S/C29H34N4O4/c1-20(21-10-8-7-9-11-21)32(28(35)29(2,3)4)19-23-18-24(14-17-26(23)31(5)6)30-27(34)22-12-15-25(16-13-22)33(36)37/h7-18,20H,19H2,1-6H3,(H,30,34). The van der Waals surface area contributed by atoms with Crippen LogP contribution in [0.15, 0.2) is 72.8 Å². The second kappa shape index (κ2) is 11.2. The molecule has 0 aliphatic rings. The molecular formula is C29H34N4O4. The van der Waals surface area contributed by atoms with Crippen LogP contribution in [0.25, 0.3) is 0 Å². The van der Waals surface area contributed by atoms with Gasteiger partial charge in [0, 0.05) is 55.1 Å². The molecule has 0 aliphatic heterocycles. The van der Waals surface area contributed by atoms with Gasteiger partial charge in [-0.1, -0.05) is 51.1 Å². The topological polar surface area (TPSA) is 95.8 Å². The van der Waals surface area contributed by atoms with Gasteiger partial charge >= 0.3 is 0 Å². The van der Waals surface area contributed by atoms with Crippen molar-refractivity contribution in [3.63, 3.8) is 0 Å². The molecule has 194 valence electrons. The number of amides is 2. The Morgan fingerprint density at radius 2 is 1.59 bits per heavy atom. The largest absolute Gasteiger partial charge is 0.377 e. The molecule has 1 unspecified atom stereocenters. The van der Waals surface area contributed by atoms with Crippen molar-refractivity contribution in [2.24, 2.45) is 5.41 Å². The first-order valence-electron chi connectivity index (χ1n) is 12.1. The number of rotatable bonds is 8. The molecule has 0 aromatic heterocycles. The van der Waals surface area contributed by atoms with Gasteiger partial charge in [-0.3, -0.25) is 19.7 Å². The summed E-state index contributed by atoms with van der Waals surface area (Å²) >= 11 is 0. The van der Waals surface area contributed by atoms with E-state index in [0.717, 1.165) is 16.8 Å². The van der Waals surface area contributed by atoms with Crippen molar-refractivity contribution in [1.29, 1.82) is 0 Å². The van der Waals surface area contributed by atoms with Gasteiger partial charge in [-0.05, 0) is 48.4 Å². The minimum atomic E-state index is -0.580. The van der Waals surface area contributed by atoms with Gasteiger partial charge in [-0.25, -0.2) is 0 Å². The predicted octanol–water partition coefficient (Wildman–Crippen LogP) is 6.05. The Balaban J connectivity index is 1.94. The predicted molar refractivity (Wildman–Crippen MR) is 147 cm³/mol. The van der Waals surface area contributed by atoms with Crippen LogP contribution in [0.5, 0.6) is 0 Å². The lowest BCUT2D eigenvalue weighted by Crippen LogP contribution is -2.40. The lowest BCUT2D eigenvalue weighted by atomic mass is 9.92. The molecule has 0 heterocycles. The maximum Gasteiger partial charge on any atom is 0.269 e. The Bertz CT molecular complexity index is 1270. The van der Waals surface area contributed by atoms with E-state index in [0.29, 0.717) is 17.8 Å². The highest BCUT2D eigenvalue weighted by molar-refractivity contribution is 6.04. The number of hydrogen-bond donors (Lipinski definition) is 1. The van der Waals surface area contributed by atoms with Gasteiger partial charge in [0.1, 0.15) is 0 Å². The average Bonchev–Trinajstić information content (AvgIpc) is 2.86. The number of benzene rings is 3. The molecule has 3 aromatic carbocycles. The highest BCUT2D eigenvalue weighted by Crippen LogP contribution is 2.32. The van der Waals surface area contributed by atoms with Gasteiger partial charge in [0.15, 0.2) is 0 Å². The molecule has 2 amide bonds. The Kier molecular flexibility index (Phi) is 8.32. The number of carbonyl (C=O) groups is 2. The molecule has 0 saturated heterocycles. The average molecular weight is 503 g/mol. The minimum absolute atomic E-state index is 0.0221. The second-order valence-electron chi connectivity index (χ2n) is 10.3. The van der Waals surface area contributed by atoms with Gasteiger partial charge in [-0.2, -0.15) is 0 Å². The summed E-state index contributed by atoms with van der Waals surface area (Å²) in [7, 11) is 3.87. The third-order valence-electron chi connectivity index (χ3n) is 6.15. The highest BCUT2D eigenvalue weighted by atomic mass is 16.6. The smallest absolute Gasteiger partial charge is 0.269 e. The van der Waals surface area contributed by atoms with E-state index in [1.165, 1.54) is 24.3 Å². The van der Waals surface area contributed by atoms with E-state index in [4.69, 9.17) is 0 Å². The monoisotopic (exact) mass is 502 g/mol. The van der Waals surface area contributed by atoms with Crippen LogP contribution in [0.4, 0.5) is 17.1 Å². The van der Waals surface area contributed by atoms with E-state index in [2.05, 4.69) is 5.32 Å². The Labute approximate surface area is 218 Å². The number of nitro groups is 1. The van der Waals surface area contributed by atoms with E-state index >= 15 is 0 Å². The Morgan fingerprint density at radius 3 is 2.14 bits per heavy atom. The fraction of sp³-hybridized carbons (Fsp3) is 0.310. The van der Waals surface area contributed by atoms with E-state index in [9.17, 15) is 19.7 Å². The number of non-ortho nitro benzene ring substituents is 1. The van der Waals surface area contributed by atoms with Crippen molar-refractivity contribution in [2.75, 3.05) is 24.3 Å². The van der Waals surface area contributed by atoms with Gasteiger partial charge in [0.25, 0.3) is 11.6 Å². The van der Waals surface area contributed by atoms with Crippen LogP contribution in [0.1, 0.15) is 55.2 Å². The molecule has 0 saturated carbocycles. The Hall–Kier alpha value is -4.20. The second-order valence-corrected chi connectivity index (χ2v) is 10.3. The zero-order valence-electron chi connectivity index (χ0n) is 22.2. The summed E-state index contributed by atoms with van der Waals surface area (Å²) < 4.78 is 0. The summed E-state index contributed by atoms with van der Waals surface area (Å²) in [6, 6.07) is 20.8. The van der Waals surface area contributed by atoms with E-state index < -0.39 is 10.3 Å². The first kappa shape index (κ1) is 27.4. The molecular weight excluding hydrogens is 468 g/mol. The third kappa shape index (κ3) is 6.73. The molecule has 0 bridgehead atoms. The first-order chi connectivity index (χ1) is 17.4. The van der Waals surface area contributed by atoms with Crippen molar-refractivity contribution < 1.29 is 14.5 Å². The summed E-state index contributed by atoms with van der Waals surface area (Å²) in [4.78, 5) is 40.7.